The van der Waals surface area contributed by atoms with Crippen molar-refractivity contribution in [3.8, 4) is 0 Å². The van der Waals surface area contributed by atoms with E-state index in [4.69, 9.17) is 4.98 Å². The molecule has 0 bridgehead atoms. The topological polar surface area (TPSA) is 78.1 Å². The molecule has 1 fully saturated rings. The monoisotopic (exact) mass is 536 g/mol. The predicted octanol–water partition coefficient (Wildman–Crippen LogP) is 5.31. The van der Waals surface area contributed by atoms with Gasteiger partial charge in [0.25, 0.3) is 5.91 Å². The number of imidazole rings is 1. The molecule has 6 nitrogen and oxygen atoms in total. The Morgan fingerprint density at radius 2 is 1.66 bits per heavy atom. The largest absolute Gasteiger partial charge is 0.340 e. The highest BCUT2D eigenvalue weighted by Crippen LogP contribution is 2.39. The molecule has 32 heavy (non-hydrogen) atoms. The second-order valence-corrected chi connectivity index (χ2v) is 9.17. The lowest BCUT2D eigenvalue weighted by molar-refractivity contribution is -0.129. The fraction of sp³-hybridized carbons (Fsp3) is 0.160. The number of nitrogens with one attached hydrogen (secondary N) is 2. The summed E-state index contributed by atoms with van der Waals surface area (Å²) in [6, 6.07) is 23.5. The number of carbonyl (C=O) groups is 2. The quantitative estimate of drug-likeness (QED) is 0.268. The number of hydrogen-bond donors (Lipinski definition) is 2. The van der Waals surface area contributed by atoms with E-state index in [2.05, 4.69) is 32.9 Å². The fourth-order valence-corrected chi connectivity index (χ4v) is 4.76. The first-order chi connectivity index (χ1) is 15.5. The van der Waals surface area contributed by atoms with Gasteiger partial charge < -0.3 is 10.3 Å². The summed E-state index contributed by atoms with van der Waals surface area (Å²) in [4.78, 5) is 36.2. The van der Waals surface area contributed by atoms with Crippen LogP contribution in [0.5, 0.6) is 0 Å². The van der Waals surface area contributed by atoms with E-state index in [0.29, 0.717) is 5.82 Å². The Bertz CT molecular complexity index is 1290. The Morgan fingerprint density at radius 3 is 2.38 bits per heavy atom. The number of fused-ring (bicyclic) bond motifs is 1. The molecule has 3 atom stereocenters. The Labute approximate surface area is 199 Å². The van der Waals surface area contributed by atoms with E-state index in [0.717, 1.165) is 25.7 Å². The highest BCUT2D eigenvalue weighted by Gasteiger charge is 2.46. The predicted molar refractivity (Wildman–Crippen MR) is 131 cm³/mol. The molecule has 0 spiro atoms. The zero-order valence-corrected chi connectivity index (χ0v) is 19.5. The number of H-pyrrole nitrogens is 1. The number of rotatable bonds is 5. The molecule has 0 aliphatic carbocycles. The normalized spacial score (nSPS) is 18.1. The van der Waals surface area contributed by atoms with E-state index in [1.54, 1.807) is 0 Å². The van der Waals surface area contributed by atoms with Gasteiger partial charge in [0.05, 0.1) is 11.0 Å². The van der Waals surface area contributed by atoms with Crippen molar-refractivity contribution in [2.24, 2.45) is 0 Å². The van der Waals surface area contributed by atoms with Crippen LogP contribution in [0.2, 0.25) is 0 Å². The van der Waals surface area contributed by atoms with Crippen LogP contribution in [0.3, 0.4) is 0 Å². The molecule has 0 saturated carbocycles. The number of imide groups is 1. The number of halogens is 1. The zero-order valence-electron chi connectivity index (χ0n) is 17.3. The number of aromatic amines is 1. The average molecular weight is 536 g/mol. The summed E-state index contributed by atoms with van der Waals surface area (Å²) in [6.07, 6.45) is 0. The number of carbonyl (C=O) groups excluding carboxylic acids is 2. The van der Waals surface area contributed by atoms with Gasteiger partial charge in [0, 0.05) is 9.49 Å². The summed E-state index contributed by atoms with van der Waals surface area (Å²) < 4.78 is 1.07. The molecule has 1 aromatic heterocycles. The molecular formula is C25H21IN4O2. The van der Waals surface area contributed by atoms with Crippen molar-refractivity contribution in [1.82, 2.24) is 20.2 Å². The van der Waals surface area contributed by atoms with Gasteiger partial charge >= 0.3 is 6.03 Å². The van der Waals surface area contributed by atoms with Crippen molar-refractivity contribution in [2.75, 3.05) is 0 Å². The van der Waals surface area contributed by atoms with Crippen molar-refractivity contribution < 1.29 is 9.59 Å². The lowest BCUT2D eigenvalue weighted by atomic mass is 9.91. The van der Waals surface area contributed by atoms with Gasteiger partial charge in [-0.3, -0.25) is 9.69 Å². The molecule has 5 rings (SSSR count). The zero-order chi connectivity index (χ0) is 22.2. The maximum absolute atomic E-state index is 13.5. The summed E-state index contributed by atoms with van der Waals surface area (Å²) in [5.41, 5.74) is 3.47. The number of hydrogen-bond acceptors (Lipinski definition) is 3. The van der Waals surface area contributed by atoms with Crippen LogP contribution in [0.25, 0.3) is 11.0 Å². The Hall–Kier alpha value is -3.20. The number of urea groups is 1. The molecule has 1 aliphatic rings. The second kappa shape index (κ2) is 8.38. The Morgan fingerprint density at radius 1 is 0.969 bits per heavy atom. The summed E-state index contributed by atoms with van der Waals surface area (Å²) in [6.45, 7) is 2.02. The molecule has 0 radical (unpaired) electrons. The van der Waals surface area contributed by atoms with Crippen molar-refractivity contribution in [1.29, 1.82) is 0 Å². The first kappa shape index (κ1) is 20.7. The van der Waals surface area contributed by atoms with Gasteiger partial charge in [-0.1, -0.05) is 67.6 Å². The summed E-state index contributed by atoms with van der Waals surface area (Å²) >= 11 is 2.25. The van der Waals surface area contributed by atoms with E-state index in [1.165, 1.54) is 4.90 Å². The van der Waals surface area contributed by atoms with E-state index in [-0.39, 0.29) is 11.8 Å². The highest BCUT2D eigenvalue weighted by molar-refractivity contribution is 14.1. The minimum absolute atomic E-state index is 0.167. The molecule has 160 valence electrons. The number of aromatic nitrogens is 2. The molecule has 2 N–H and O–H groups in total. The molecule has 7 heteroatoms. The number of nitrogens with zero attached hydrogens (tertiary/aromatic N) is 2. The van der Waals surface area contributed by atoms with E-state index in [1.807, 2.05) is 85.8 Å². The van der Waals surface area contributed by atoms with Crippen LogP contribution in [0.4, 0.5) is 4.79 Å². The number of amides is 3. The molecule has 3 aromatic carbocycles. The summed E-state index contributed by atoms with van der Waals surface area (Å²) in [5.74, 6) is 0.152. The molecule has 4 aromatic rings. The molecule has 1 saturated heterocycles. The molecular weight excluding hydrogens is 515 g/mol. The van der Waals surface area contributed by atoms with Crippen molar-refractivity contribution in [3.63, 3.8) is 0 Å². The smallest absolute Gasteiger partial charge is 0.325 e. The third-order valence-electron chi connectivity index (χ3n) is 5.92. The van der Waals surface area contributed by atoms with E-state index < -0.39 is 18.1 Å². The van der Waals surface area contributed by atoms with Gasteiger partial charge in [0.15, 0.2) is 0 Å². The van der Waals surface area contributed by atoms with E-state index >= 15 is 0 Å². The van der Waals surface area contributed by atoms with Crippen LogP contribution in [0.1, 0.15) is 41.9 Å². The summed E-state index contributed by atoms with van der Waals surface area (Å²) in [7, 11) is 0. The van der Waals surface area contributed by atoms with Crippen LogP contribution < -0.4 is 5.32 Å². The van der Waals surface area contributed by atoms with Gasteiger partial charge in [-0.05, 0) is 51.9 Å². The van der Waals surface area contributed by atoms with Crippen LogP contribution in [0, 0.1) is 3.57 Å². The average Bonchev–Trinajstić information content (AvgIpc) is 3.36. The first-order valence-electron chi connectivity index (χ1n) is 10.4. The lowest BCUT2D eigenvalue weighted by Crippen LogP contribution is -2.38. The molecule has 0 unspecified atom stereocenters. The third-order valence-corrected chi connectivity index (χ3v) is 6.60. The lowest BCUT2D eigenvalue weighted by Gasteiger charge is -2.29. The SMILES string of the molecule is C[C@@H](c1ccccc1)[C@@H](c1nc2cc(I)ccc2[nH]1)N1C(=O)N[C@H](c2ccccc2)C1=O. The minimum Gasteiger partial charge on any atom is -0.340 e. The standard InChI is InChI=1S/C25H21IN4O2/c1-15(16-8-4-2-5-9-16)22(23-27-19-13-12-18(26)14-20(19)28-23)30-24(31)21(29-25(30)32)17-10-6-3-7-11-17/h2-15,21-22H,1H3,(H,27,28)(H,29,32)/t15-,21+,22-/m0/s1. The Kier molecular flexibility index (Phi) is 5.42. The van der Waals surface area contributed by atoms with Crippen molar-refractivity contribution in [2.45, 2.75) is 24.9 Å². The number of benzene rings is 3. The molecule has 3 amide bonds. The fourth-order valence-electron chi connectivity index (χ4n) is 4.29. The summed E-state index contributed by atoms with van der Waals surface area (Å²) in [5, 5.41) is 2.86. The van der Waals surface area contributed by atoms with Crippen molar-refractivity contribution >= 4 is 45.6 Å². The molecule has 2 heterocycles. The maximum Gasteiger partial charge on any atom is 0.325 e. The van der Waals surface area contributed by atoms with Gasteiger partial charge in [-0.15, -0.1) is 0 Å². The van der Waals surface area contributed by atoms with Gasteiger partial charge in [0.1, 0.15) is 17.9 Å². The first-order valence-corrected chi connectivity index (χ1v) is 11.5. The third kappa shape index (κ3) is 3.66. The van der Waals surface area contributed by atoms with Crippen molar-refractivity contribution in [3.05, 3.63) is 99.4 Å². The second-order valence-electron chi connectivity index (χ2n) is 7.93. The van der Waals surface area contributed by atoms with E-state index in [9.17, 15) is 9.59 Å². The Balaban J connectivity index is 1.60. The van der Waals surface area contributed by atoms with Gasteiger partial charge in [0.2, 0.25) is 0 Å². The van der Waals surface area contributed by atoms with Crippen LogP contribution in [0.15, 0.2) is 78.9 Å². The minimum atomic E-state index is -0.709. The van der Waals surface area contributed by atoms with Crippen LogP contribution in [-0.4, -0.2) is 26.8 Å². The highest BCUT2D eigenvalue weighted by atomic mass is 127. The molecule has 1 aliphatic heterocycles. The van der Waals surface area contributed by atoms with Crippen LogP contribution in [-0.2, 0) is 4.79 Å². The van der Waals surface area contributed by atoms with Crippen LogP contribution >= 0.6 is 22.6 Å². The van der Waals surface area contributed by atoms with Gasteiger partial charge in [-0.2, -0.15) is 0 Å². The van der Waals surface area contributed by atoms with Gasteiger partial charge in [-0.25, -0.2) is 9.78 Å². The maximum atomic E-state index is 13.5.